The van der Waals surface area contributed by atoms with Gasteiger partial charge in [-0.1, -0.05) is 60.7 Å². The van der Waals surface area contributed by atoms with Crippen molar-refractivity contribution in [1.29, 1.82) is 0 Å². The zero-order valence-electron chi connectivity index (χ0n) is 23.2. The molecule has 1 N–H and O–H groups in total. The highest BCUT2D eigenvalue weighted by molar-refractivity contribution is 7.89. The Hall–Kier alpha value is -4.80. The molecule has 1 aliphatic rings. The molecule has 2 heterocycles. The molecule has 0 saturated heterocycles. The first-order valence-electron chi connectivity index (χ1n) is 13.3. The minimum absolute atomic E-state index is 0.0708. The van der Waals surface area contributed by atoms with E-state index in [2.05, 4.69) is 27.3 Å². The van der Waals surface area contributed by atoms with Crippen LogP contribution in [0.1, 0.15) is 27.0 Å². The Balaban J connectivity index is 1.37. The fraction of sp³-hybridized carbons (Fsp3) is 0.156. The number of nitrogens with one attached hydrogen (secondary N) is 1. The van der Waals surface area contributed by atoms with Gasteiger partial charge in [-0.25, -0.2) is 18.2 Å². The smallest absolute Gasteiger partial charge is 0.343 e. The van der Waals surface area contributed by atoms with Crippen molar-refractivity contribution in [1.82, 2.24) is 14.2 Å². The number of ether oxygens (including phenoxy) is 1. The number of aromatic nitrogens is 1. The first-order valence-corrected chi connectivity index (χ1v) is 14.8. The van der Waals surface area contributed by atoms with E-state index in [-0.39, 0.29) is 33.3 Å². The highest BCUT2D eigenvalue weighted by atomic mass is 32.2. The Morgan fingerprint density at radius 3 is 2.29 bits per heavy atom. The number of pyridine rings is 1. The van der Waals surface area contributed by atoms with Crippen molar-refractivity contribution in [2.75, 3.05) is 26.0 Å². The summed E-state index contributed by atoms with van der Waals surface area (Å²) in [7, 11) is -0.795. The molecule has 1 aliphatic heterocycles. The molecule has 1 amide bonds. The van der Waals surface area contributed by atoms with Crippen LogP contribution in [0.3, 0.4) is 0 Å². The quantitative estimate of drug-likeness (QED) is 0.288. The van der Waals surface area contributed by atoms with Gasteiger partial charge in [0.25, 0.3) is 15.9 Å². The van der Waals surface area contributed by atoms with E-state index in [1.165, 1.54) is 30.9 Å². The molecule has 10 heteroatoms. The monoisotopic (exact) mass is 582 g/mol. The minimum atomic E-state index is -4.08. The predicted octanol–water partition coefficient (Wildman–Crippen LogP) is 4.55. The van der Waals surface area contributed by atoms with E-state index >= 15 is 0 Å². The maximum absolute atomic E-state index is 13.4. The first-order chi connectivity index (χ1) is 20.2. The number of carbonyl (C=O) groups excluding carboxylic acids is 2. The predicted molar refractivity (Wildman–Crippen MR) is 160 cm³/mol. The lowest BCUT2D eigenvalue weighted by Crippen LogP contribution is -2.38. The van der Waals surface area contributed by atoms with Gasteiger partial charge in [-0.3, -0.25) is 9.10 Å². The van der Waals surface area contributed by atoms with Crippen LogP contribution in [-0.2, 0) is 32.5 Å². The summed E-state index contributed by atoms with van der Waals surface area (Å²) < 4.78 is 33.2. The second kappa shape index (κ2) is 12.4. The van der Waals surface area contributed by atoms with Crippen LogP contribution < -0.4 is 5.32 Å². The molecule has 0 atom stereocenters. The lowest BCUT2D eigenvalue weighted by Gasteiger charge is -2.30. The standard InChI is InChI=1S/C32H30N4O5S/c1-35(21-19-23-10-4-3-5-11-23)22-24-15-17-25(18-16-24)32(38)41-30-26-12-6-7-13-27(26)42(39,40)36(2)29(30)31(37)34-28-14-8-9-20-33-28/h3-18,20H,19,21-22H2,1-2H3,(H,33,34,37). The van der Waals surface area contributed by atoms with Gasteiger partial charge in [0.15, 0.2) is 11.5 Å². The molecular weight excluding hydrogens is 552 g/mol. The first kappa shape index (κ1) is 28.7. The summed E-state index contributed by atoms with van der Waals surface area (Å²) in [5.41, 5.74) is 2.34. The Morgan fingerprint density at radius 1 is 0.881 bits per heavy atom. The van der Waals surface area contributed by atoms with Gasteiger partial charge in [0.2, 0.25) is 0 Å². The van der Waals surface area contributed by atoms with Crippen molar-refractivity contribution >= 4 is 33.5 Å². The van der Waals surface area contributed by atoms with Gasteiger partial charge in [-0.2, -0.15) is 0 Å². The molecule has 3 aromatic carbocycles. The molecule has 0 spiro atoms. The van der Waals surface area contributed by atoms with Gasteiger partial charge in [-0.05, 0) is 61.0 Å². The second-order valence-corrected chi connectivity index (χ2v) is 11.8. The molecule has 42 heavy (non-hydrogen) atoms. The second-order valence-electron chi connectivity index (χ2n) is 9.88. The number of nitrogens with zero attached hydrogens (tertiary/aromatic N) is 3. The lowest BCUT2D eigenvalue weighted by atomic mass is 10.1. The largest absolute Gasteiger partial charge is 0.420 e. The average Bonchev–Trinajstić information content (AvgIpc) is 3.00. The Bertz CT molecular complexity index is 1720. The highest BCUT2D eigenvalue weighted by Crippen LogP contribution is 2.37. The summed E-state index contributed by atoms with van der Waals surface area (Å²) in [5, 5.41) is 2.59. The van der Waals surface area contributed by atoms with E-state index in [9.17, 15) is 18.0 Å². The van der Waals surface area contributed by atoms with E-state index in [1.54, 1.807) is 42.5 Å². The number of carbonyl (C=O) groups is 2. The van der Waals surface area contributed by atoms with Crippen LogP contribution in [0.2, 0.25) is 0 Å². The number of fused-ring (bicyclic) bond motifs is 1. The molecule has 0 fully saturated rings. The lowest BCUT2D eigenvalue weighted by molar-refractivity contribution is -0.113. The molecular formula is C32H30N4O5S. The Labute approximate surface area is 245 Å². The molecule has 214 valence electrons. The summed E-state index contributed by atoms with van der Waals surface area (Å²) in [4.78, 5) is 32.9. The normalized spacial score (nSPS) is 13.9. The number of amides is 1. The SMILES string of the molecule is CN(CCc1ccccc1)Cc1ccc(C(=O)OC2=C(C(=O)Nc3ccccn3)N(C)S(=O)(=O)c3ccccc32)cc1. The third-order valence-corrected chi connectivity index (χ3v) is 8.70. The summed E-state index contributed by atoms with van der Waals surface area (Å²) in [6.45, 7) is 1.57. The fourth-order valence-electron chi connectivity index (χ4n) is 4.63. The number of anilines is 1. The van der Waals surface area contributed by atoms with E-state index in [1.807, 2.05) is 37.4 Å². The van der Waals surface area contributed by atoms with Crippen LogP contribution in [0.4, 0.5) is 5.82 Å². The Morgan fingerprint density at radius 2 is 1.57 bits per heavy atom. The third-order valence-electron chi connectivity index (χ3n) is 6.88. The number of esters is 1. The van der Waals surface area contributed by atoms with E-state index < -0.39 is 21.9 Å². The van der Waals surface area contributed by atoms with E-state index in [0.717, 1.165) is 22.8 Å². The fourth-order valence-corrected chi connectivity index (χ4v) is 6.02. The third kappa shape index (κ3) is 6.24. The summed E-state index contributed by atoms with van der Waals surface area (Å²) >= 11 is 0. The maximum atomic E-state index is 13.4. The number of likely N-dealkylation sites (N-methyl/N-ethyl adjacent to an activating group) is 2. The molecule has 0 radical (unpaired) electrons. The van der Waals surface area contributed by atoms with Crippen molar-refractivity contribution < 1.29 is 22.7 Å². The topological polar surface area (TPSA) is 109 Å². The molecule has 1 aromatic heterocycles. The van der Waals surface area contributed by atoms with Crippen LogP contribution in [-0.4, -0.2) is 55.1 Å². The number of hydrogen-bond acceptors (Lipinski definition) is 7. The molecule has 0 aliphatic carbocycles. The average molecular weight is 583 g/mol. The summed E-state index contributed by atoms with van der Waals surface area (Å²) in [5.74, 6) is -1.45. The van der Waals surface area contributed by atoms with Crippen LogP contribution in [0, 0.1) is 0 Å². The van der Waals surface area contributed by atoms with E-state index in [4.69, 9.17) is 4.74 Å². The van der Waals surface area contributed by atoms with Crippen molar-refractivity contribution in [3.8, 4) is 0 Å². The highest BCUT2D eigenvalue weighted by Gasteiger charge is 2.39. The maximum Gasteiger partial charge on any atom is 0.343 e. The molecule has 5 rings (SSSR count). The number of sulfonamides is 1. The van der Waals surface area contributed by atoms with Gasteiger partial charge >= 0.3 is 5.97 Å². The zero-order chi connectivity index (χ0) is 29.7. The van der Waals surface area contributed by atoms with Crippen LogP contribution >= 0.6 is 0 Å². The zero-order valence-corrected chi connectivity index (χ0v) is 24.0. The van der Waals surface area contributed by atoms with Crippen LogP contribution in [0.5, 0.6) is 0 Å². The van der Waals surface area contributed by atoms with Gasteiger partial charge in [-0.15, -0.1) is 0 Å². The molecule has 0 saturated carbocycles. The molecule has 4 aromatic rings. The summed E-state index contributed by atoms with van der Waals surface area (Å²) in [6.07, 6.45) is 2.42. The van der Waals surface area contributed by atoms with Crippen LogP contribution in [0.25, 0.3) is 5.76 Å². The van der Waals surface area contributed by atoms with Crippen molar-refractivity contribution in [3.63, 3.8) is 0 Å². The van der Waals surface area contributed by atoms with Gasteiger partial charge in [0.05, 0.1) is 10.5 Å². The number of benzene rings is 3. The van der Waals surface area contributed by atoms with Crippen molar-refractivity contribution in [2.24, 2.45) is 0 Å². The van der Waals surface area contributed by atoms with Gasteiger partial charge < -0.3 is 15.0 Å². The molecule has 0 unspecified atom stereocenters. The number of hydrogen-bond donors (Lipinski definition) is 1. The number of rotatable bonds is 9. The van der Waals surface area contributed by atoms with Crippen LogP contribution in [0.15, 0.2) is 114 Å². The molecule has 0 bridgehead atoms. The molecule has 9 nitrogen and oxygen atoms in total. The van der Waals surface area contributed by atoms with Gasteiger partial charge in [0.1, 0.15) is 5.82 Å². The van der Waals surface area contributed by atoms with Crippen molar-refractivity contribution in [2.45, 2.75) is 17.9 Å². The van der Waals surface area contributed by atoms with Crippen molar-refractivity contribution in [3.05, 3.63) is 131 Å². The Kier molecular flexibility index (Phi) is 8.46. The van der Waals surface area contributed by atoms with E-state index in [0.29, 0.717) is 6.54 Å². The summed E-state index contributed by atoms with van der Waals surface area (Å²) in [6, 6.07) is 28.3. The van der Waals surface area contributed by atoms with Gasteiger partial charge in [0, 0.05) is 31.9 Å². The minimum Gasteiger partial charge on any atom is -0.420 e.